The van der Waals surface area contributed by atoms with E-state index in [1.165, 1.54) is 5.56 Å². The van der Waals surface area contributed by atoms with Crippen molar-refractivity contribution in [2.45, 2.75) is 32.2 Å². The minimum atomic E-state index is -0.190. The number of hydrogen-bond donors (Lipinski definition) is 3. The number of H-pyrrole nitrogens is 2. The Balaban J connectivity index is 1.21. The van der Waals surface area contributed by atoms with E-state index in [2.05, 4.69) is 44.3 Å². The molecule has 1 saturated heterocycles. The number of hydrogen-bond acceptors (Lipinski definition) is 7. The van der Waals surface area contributed by atoms with Gasteiger partial charge in [0.25, 0.3) is 5.56 Å². The molecule has 6 rings (SSSR count). The molecule has 3 aromatic heterocycles. The second-order valence-electron chi connectivity index (χ2n) is 10.7. The summed E-state index contributed by atoms with van der Waals surface area (Å²) in [6.45, 7) is 7.22. The van der Waals surface area contributed by atoms with Crippen LogP contribution in [0.1, 0.15) is 29.9 Å². The van der Waals surface area contributed by atoms with E-state index in [1.807, 2.05) is 35.1 Å². The van der Waals surface area contributed by atoms with Crippen molar-refractivity contribution in [2.24, 2.45) is 0 Å². The average Bonchev–Trinajstić information content (AvgIpc) is 3.61. The molecule has 4 heterocycles. The molecule has 2 aromatic carbocycles. The van der Waals surface area contributed by atoms with Gasteiger partial charge < -0.3 is 29.7 Å². The highest BCUT2D eigenvalue weighted by Crippen LogP contribution is 2.33. The number of pyridine rings is 1. The van der Waals surface area contributed by atoms with Crippen LogP contribution in [0.15, 0.2) is 53.6 Å². The Bertz CT molecular complexity index is 1710. The quantitative estimate of drug-likeness (QED) is 0.232. The van der Waals surface area contributed by atoms with Crippen molar-refractivity contribution < 1.29 is 9.47 Å². The molecular weight excluding hydrogens is 518 g/mol. The van der Waals surface area contributed by atoms with Crippen LogP contribution in [-0.4, -0.2) is 76.6 Å². The zero-order chi connectivity index (χ0) is 28.3. The first-order valence-electron chi connectivity index (χ1n) is 14.2. The summed E-state index contributed by atoms with van der Waals surface area (Å²) < 4.78 is 12.6. The number of likely N-dealkylation sites (tertiary alicyclic amines) is 1. The molecule has 0 aliphatic carbocycles. The van der Waals surface area contributed by atoms with Crippen LogP contribution in [0.5, 0.6) is 5.75 Å². The predicted octanol–water partition coefficient (Wildman–Crippen LogP) is 4.52. The van der Waals surface area contributed by atoms with Gasteiger partial charge in [0.15, 0.2) is 0 Å². The molecule has 0 atom stereocenters. The number of benzene rings is 2. The van der Waals surface area contributed by atoms with Crippen LogP contribution >= 0.6 is 0 Å². The fourth-order valence-electron chi connectivity index (χ4n) is 5.97. The third-order valence-electron chi connectivity index (χ3n) is 8.17. The Morgan fingerprint density at radius 2 is 1.98 bits per heavy atom. The number of rotatable bonds is 10. The first kappa shape index (κ1) is 27.0. The first-order valence-corrected chi connectivity index (χ1v) is 14.2. The Labute approximate surface area is 238 Å². The van der Waals surface area contributed by atoms with E-state index in [-0.39, 0.29) is 5.56 Å². The van der Waals surface area contributed by atoms with Crippen molar-refractivity contribution in [3.8, 4) is 17.1 Å². The van der Waals surface area contributed by atoms with Crippen LogP contribution in [0, 0.1) is 6.92 Å². The minimum absolute atomic E-state index is 0.190. The maximum absolute atomic E-state index is 13.1. The Morgan fingerprint density at radius 3 is 2.78 bits per heavy atom. The molecule has 1 aliphatic heterocycles. The lowest BCUT2D eigenvalue weighted by atomic mass is 9.88. The molecule has 1 fully saturated rings. The van der Waals surface area contributed by atoms with E-state index in [0.717, 1.165) is 78.0 Å². The number of imidazole rings is 1. The van der Waals surface area contributed by atoms with Crippen molar-refractivity contribution in [2.75, 3.05) is 52.3 Å². The predicted molar refractivity (Wildman–Crippen MR) is 162 cm³/mol. The molecule has 10 nitrogen and oxygen atoms in total. The number of aromatic amines is 2. The summed E-state index contributed by atoms with van der Waals surface area (Å²) >= 11 is 0. The molecule has 0 spiro atoms. The van der Waals surface area contributed by atoms with Gasteiger partial charge in [0.2, 0.25) is 0 Å². The highest BCUT2D eigenvalue weighted by Gasteiger charge is 2.22. The van der Waals surface area contributed by atoms with E-state index >= 15 is 0 Å². The van der Waals surface area contributed by atoms with Crippen molar-refractivity contribution in [1.82, 2.24) is 29.6 Å². The lowest BCUT2D eigenvalue weighted by molar-refractivity contribution is 0.130. The first-order chi connectivity index (χ1) is 20.1. The number of fused-ring (bicyclic) bond motifs is 2. The lowest BCUT2D eigenvalue weighted by Gasteiger charge is -2.32. The summed E-state index contributed by atoms with van der Waals surface area (Å²) in [4.78, 5) is 26.7. The average molecular weight is 556 g/mol. The van der Waals surface area contributed by atoms with Gasteiger partial charge in [0.05, 0.1) is 54.1 Å². The summed E-state index contributed by atoms with van der Waals surface area (Å²) in [5, 5.41) is 8.95. The number of anilines is 1. The van der Waals surface area contributed by atoms with Gasteiger partial charge in [0.1, 0.15) is 17.1 Å². The van der Waals surface area contributed by atoms with Gasteiger partial charge in [-0.25, -0.2) is 4.98 Å². The van der Waals surface area contributed by atoms with Gasteiger partial charge in [-0.2, -0.15) is 5.10 Å². The number of aromatic nitrogens is 5. The number of nitrogens with one attached hydrogen (secondary N) is 3. The fourth-order valence-corrected chi connectivity index (χ4v) is 5.97. The minimum Gasteiger partial charge on any atom is -0.496 e. The van der Waals surface area contributed by atoms with Gasteiger partial charge in [-0.05, 0) is 74.2 Å². The van der Waals surface area contributed by atoms with Crippen molar-refractivity contribution in [3.63, 3.8) is 0 Å². The second-order valence-corrected chi connectivity index (χ2v) is 10.7. The van der Waals surface area contributed by atoms with Gasteiger partial charge in [0, 0.05) is 26.4 Å². The molecular formula is C31H37N7O3. The van der Waals surface area contributed by atoms with Crippen LogP contribution in [0.25, 0.3) is 33.3 Å². The third kappa shape index (κ3) is 5.45. The van der Waals surface area contributed by atoms with Crippen LogP contribution in [-0.2, 0) is 11.3 Å². The van der Waals surface area contributed by atoms with E-state index < -0.39 is 0 Å². The number of methoxy groups -OCH3 is 2. The van der Waals surface area contributed by atoms with Crippen LogP contribution in [0.3, 0.4) is 0 Å². The van der Waals surface area contributed by atoms with Gasteiger partial charge >= 0.3 is 0 Å². The largest absolute Gasteiger partial charge is 0.496 e. The van der Waals surface area contributed by atoms with E-state index in [1.54, 1.807) is 20.4 Å². The zero-order valence-corrected chi connectivity index (χ0v) is 23.9. The molecule has 10 heteroatoms. The van der Waals surface area contributed by atoms with Crippen LogP contribution in [0.2, 0.25) is 0 Å². The topological polar surface area (TPSA) is 113 Å². The van der Waals surface area contributed by atoms with Crippen molar-refractivity contribution >= 4 is 27.6 Å². The van der Waals surface area contributed by atoms with E-state index in [0.29, 0.717) is 30.4 Å². The van der Waals surface area contributed by atoms with Gasteiger partial charge in [-0.1, -0.05) is 12.1 Å². The summed E-state index contributed by atoms with van der Waals surface area (Å²) in [6.07, 6.45) is 5.73. The maximum Gasteiger partial charge on any atom is 0.261 e. The smallest absolute Gasteiger partial charge is 0.261 e. The monoisotopic (exact) mass is 555 g/mol. The summed E-state index contributed by atoms with van der Waals surface area (Å²) in [7, 11) is 3.42. The van der Waals surface area contributed by atoms with Crippen molar-refractivity contribution in [3.05, 3.63) is 70.3 Å². The Hall–Kier alpha value is -4.15. The molecule has 0 saturated carbocycles. The molecule has 214 valence electrons. The second kappa shape index (κ2) is 11.8. The Morgan fingerprint density at radius 1 is 1.12 bits per heavy atom. The maximum atomic E-state index is 13.1. The van der Waals surface area contributed by atoms with Gasteiger partial charge in [-0.15, -0.1) is 0 Å². The Kier molecular flexibility index (Phi) is 7.76. The zero-order valence-electron chi connectivity index (χ0n) is 23.9. The molecule has 0 bridgehead atoms. The summed E-state index contributed by atoms with van der Waals surface area (Å²) in [5.41, 5.74) is 6.34. The molecule has 41 heavy (non-hydrogen) atoms. The third-order valence-corrected chi connectivity index (χ3v) is 8.17. The number of nitrogens with zero attached hydrogens (tertiary/aromatic N) is 4. The SMILES string of the molecule is COCCN1CCC(c2cc(C)c3nc(-c4c(NCCn5ncc6c(OC)cccc65)cc[nH]c4=O)[nH]c3c2)CC1. The van der Waals surface area contributed by atoms with Crippen LogP contribution < -0.4 is 15.6 Å². The number of ether oxygens (including phenoxy) is 2. The van der Waals surface area contributed by atoms with Crippen LogP contribution in [0.4, 0.5) is 5.69 Å². The van der Waals surface area contributed by atoms with E-state index in [4.69, 9.17) is 14.5 Å². The molecule has 0 unspecified atom stereocenters. The van der Waals surface area contributed by atoms with Gasteiger partial charge in [-0.3, -0.25) is 9.48 Å². The lowest BCUT2D eigenvalue weighted by Crippen LogP contribution is -2.35. The highest BCUT2D eigenvalue weighted by molar-refractivity contribution is 5.86. The van der Waals surface area contributed by atoms with E-state index in [9.17, 15) is 4.79 Å². The molecule has 0 radical (unpaired) electrons. The molecule has 0 amide bonds. The number of aryl methyl sites for hydroxylation is 1. The highest BCUT2D eigenvalue weighted by atomic mass is 16.5. The standard InChI is InChI=1S/C31H37N7O3/c1-20-17-22(21-8-12-37(13-9-21)15-16-40-2)18-25-29(20)36-30(35-25)28-24(7-10-33-31(28)39)32-11-14-38-26-5-4-6-27(41-3)23(26)19-34-38/h4-7,10,17-19,21H,8-9,11-16H2,1-3H3,(H,35,36)(H2,32,33,39). The fraction of sp³-hybridized carbons (Fsp3) is 0.387. The molecule has 1 aliphatic rings. The summed E-state index contributed by atoms with van der Waals surface area (Å²) in [5.74, 6) is 1.88. The van der Waals surface area contributed by atoms with Crippen molar-refractivity contribution in [1.29, 1.82) is 0 Å². The summed E-state index contributed by atoms with van der Waals surface area (Å²) in [6, 6.07) is 12.3. The normalized spacial score (nSPS) is 14.7. The number of piperidine rings is 1. The molecule has 5 aromatic rings. The molecule has 3 N–H and O–H groups in total.